The fourth-order valence-electron chi connectivity index (χ4n) is 3.04. The fraction of sp³-hybridized carbons (Fsp3) is 0.467. The number of imidazole rings is 1. The molecular weight excluding hydrogens is 332 g/mol. The van der Waals surface area contributed by atoms with Crippen molar-refractivity contribution in [1.29, 1.82) is 0 Å². The molecule has 6 nitrogen and oxygen atoms in total. The number of hydrogen-bond donors (Lipinski definition) is 1. The Morgan fingerprint density at radius 3 is 2.83 bits per heavy atom. The van der Waals surface area contributed by atoms with Crippen LogP contribution in [0.3, 0.4) is 0 Å². The van der Waals surface area contributed by atoms with E-state index in [0.717, 1.165) is 27.8 Å². The van der Waals surface area contributed by atoms with E-state index < -0.39 is 0 Å². The maximum absolute atomic E-state index is 4.60. The number of benzene rings is 1. The molecule has 2 heterocycles. The van der Waals surface area contributed by atoms with Crippen LogP contribution in [0.1, 0.15) is 44.0 Å². The van der Waals surface area contributed by atoms with E-state index in [1.54, 1.807) is 11.8 Å². The van der Waals surface area contributed by atoms with Gasteiger partial charge in [-0.25, -0.2) is 9.67 Å². The molecule has 0 bridgehead atoms. The summed E-state index contributed by atoms with van der Waals surface area (Å²) in [7, 11) is 0. The van der Waals surface area contributed by atoms with Gasteiger partial charge in [0.15, 0.2) is 0 Å². The van der Waals surface area contributed by atoms with Gasteiger partial charge in [-0.2, -0.15) is 0 Å². The van der Waals surface area contributed by atoms with Crippen LogP contribution in [0.5, 0.6) is 0 Å². The predicted octanol–water partition coefficient (Wildman–Crippen LogP) is 3.77. The molecule has 0 amide bonds. The first-order valence-corrected chi connectivity index (χ1v) is 8.73. The summed E-state index contributed by atoms with van der Waals surface area (Å²) >= 11 is 1.65. The van der Waals surface area contributed by atoms with Crippen LogP contribution in [-0.4, -0.2) is 30.2 Å². The molecule has 23 heavy (non-hydrogen) atoms. The maximum Gasteiger partial charge on any atom is 0.210 e. The van der Waals surface area contributed by atoms with Crippen molar-refractivity contribution in [3.05, 3.63) is 30.1 Å². The average Bonchev–Trinajstić information content (AvgIpc) is 3.20. The Hall–Kier alpha value is -1.60. The third-order valence-corrected chi connectivity index (χ3v) is 5.10. The third kappa shape index (κ3) is 3.50. The van der Waals surface area contributed by atoms with Gasteiger partial charge in [0.2, 0.25) is 5.16 Å². The Morgan fingerprint density at radius 2 is 2.00 bits per heavy atom. The molecule has 0 spiro atoms. The van der Waals surface area contributed by atoms with Crippen LogP contribution in [0.4, 0.5) is 0 Å². The van der Waals surface area contributed by atoms with Crippen molar-refractivity contribution in [2.45, 2.75) is 49.1 Å². The van der Waals surface area contributed by atoms with E-state index in [9.17, 15) is 0 Å². The third-order valence-electron chi connectivity index (χ3n) is 4.16. The summed E-state index contributed by atoms with van der Waals surface area (Å²) < 4.78 is 2.01. The standard InChI is InChI=1S/C15H18N6S.ClH/c1-2-6-11(7-3-1)21-15(18-19-20-21)22-10-14-16-12-8-4-5-9-13(12)17-14;/h4-5,8-9,11H,1-3,6-7,10H2,(H,16,17);1H. The van der Waals surface area contributed by atoms with Crippen molar-refractivity contribution in [3.63, 3.8) is 0 Å². The number of thioether (sulfide) groups is 1. The number of nitrogens with one attached hydrogen (secondary N) is 1. The van der Waals surface area contributed by atoms with E-state index in [4.69, 9.17) is 0 Å². The van der Waals surface area contributed by atoms with Crippen LogP contribution in [0.2, 0.25) is 0 Å². The molecule has 1 saturated carbocycles. The van der Waals surface area contributed by atoms with Crippen LogP contribution < -0.4 is 0 Å². The molecule has 1 aliphatic rings. The van der Waals surface area contributed by atoms with Crippen molar-refractivity contribution in [2.24, 2.45) is 0 Å². The minimum absolute atomic E-state index is 0. The molecule has 0 aliphatic heterocycles. The Labute approximate surface area is 144 Å². The van der Waals surface area contributed by atoms with Crippen LogP contribution in [0.25, 0.3) is 11.0 Å². The number of fused-ring (bicyclic) bond motifs is 1. The monoisotopic (exact) mass is 350 g/mol. The molecule has 1 aliphatic carbocycles. The van der Waals surface area contributed by atoms with Gasteiger partial charge in [-0.05, 0) is 35.4 Å². The molecule has 1 N–H and O–H groups in total. The van der Waals surface area contributed by atoms with Gasteiger partial charge in [0, 0.05) is 0 Å². The summed E-state index contributed by atoms with van der Waals surface area (Å²) in [5.41, 5.74) is 2.08. The van der Waals surface area contributed by atoms with E-state index in [1.807, 2.05) is 28.9 Å². The zero-order valence-corrected chi connectivity index (χ0v) is 14.3. The number of tetrazole rings is 1. The lowest BCUT2D eigenvalue weighted by Gasteiger charge is -2.21. The second kappa shape index (κ2) is 7.31. The number of hydrogen-bond acceptors (Lipinski definition) is 5. The van der Waals surface area contributed by atoms with Crippen molar-refractivity contribution >= 4 is 35.2 Å². The lowest BCUT2D eigenvalue weighted by Crippen LogP contribution is -2.15. The van der Waals surface area contributed by atoms with Gasteiger partial charge in [-0.1, -0.05) is 43.2 Å². The van der Waals surface area contributed by atoms with E-state index in [-0.39, 0.29) is 12.4 Å². The Morgan fingerprint density at radius 1 is 1.17 bits per heavy atom. The first-order valence-electron chi connectivity index (χ1n) is 7.74. The molecule has 122 valence electrons. The van der Waals surface area contributed by atoms with Crippen LogP contribution in [0.15, 0.2) is 29.4 Å². The number of halogens is 1. The van der Waals surface area contributed by atoms with Gasteiger partial charge in [0.1, 0.15) is 5.82 Å². The number of para-hydroxylation sites is 2. The van der Waals surface area contributed by atoms with E-state index in [2.05, 4.69) is 25.5 Å². The highest BCUT2D eigenvalue weighted by atomic mass is 35.5. The molecule has 0 unspecified atom stereocenters. The largest absolute Gasteiger partial charge is 0.341 e. The van der Waals surface area contributed by atoms with Gasteiger partial charge in [-0.3, -0.25) is 0 Å². The summed E-state index contributed by atoms with van der Waals surface area (Å²) in [6.07, 6.45) is 6.25. The van der Waals surface area contributed by atoms with Crippen LogP contribution in [-0.2, 0) is 5.75 Å². The molecule has 0 saturated heterocycles. The van der Waals surface area contributed by atoms with Crippen molar-refractivity contribution in [1.82, 2.24) is 30.2 Å². The summed E-state index contributed by atoms with van der Waals surface area (Å²) in [6.45, 7) is 0. The Balaban J connectivity index is 0.00000156. The number of H-pyrrole nitrogens is 1. The van der Waals surface area contributed by atoms with Crippen LogP contribution in [0, 0.1) is 0 Å². The Kier molecular flexibility index (Phi) is 5.17. The SMILES string of the molecule is Cl.c1ccc2[nH]c(CSc3nnnn3C3CCCCC3)nc2c1. The summed E-state index contributed by atoms with van der Waals surface area (Å²) in [4.78, 5) is 7.95. The van der Waals surface area contributed by atoms with Gasteiger partial charge in [0.25, 0.3) is 0 Å². The normalized spacial score (nSPS) is 15.7. The van der Waals surface area contributed by atoms with Gasteiger partial charge < -0.3 is 4.98 Å². The predicted molar refractivity (Wildman–Crippen MR) is 92.8 cm³/mol. The fourth-order valence-corrected chi connectivity index (χ4v) is 3.86. The average molecular weight is 351 g/mol. The Bertz CT molecular complexity index is 731. The van der Waals surface area contributed by atoms with Gasteiger partial charge in [0.05, 0.1) is 22.8 Å². The summed E-state index contributed by atoms with van der Waals surface area (Å²) in [5, 5.41) is 13.1. The lowest BCUT2D eigenvalue weighted by atomic mass is 9.96. The van der Waals surface area contributed by atoms with E-state index in [0.29, 0.717) is 6.04 Å². The zero-order chi connectivity index (χ0) is 14.8. The quantitative estimate of drug-likeness (QED) is 0.725. The molecule has 1 aromatic carbocycles. The summed E-state index contributed by atoms with van der Waals surface area (Å²) in [5.74, 6) is 1.71. The van der Waals surface area contributed by atoms with Gasteiger partial charge >= 0.3 is 0 Å². The highest BCUT2D eigenvalue weighted by Crippen LogP contribution is 2.31. The molecule has 8 heteroatoms. The molecule has 2 aromatic heterocycles. The lowest BCUT2D eigenvalue weighted by molar-refractivity contribution is 0.307. The second-order valence-electron chi connectivity index (χ2n) is 5.69. The highest BCUT2D eigenvalue weighted by Gasteiger charge is 2.20. The highest BCUT2D eigenvalue weighted by molar-refractivity contribution is 7.98. The van der Waals surface area contributed by atoms with Crippen LogP contribution >= 0.6 is 24.2 Å². The van der Waals surface area contributed by atoms with Gasteiger partial charge in [-0.15, -0.1) is 17.5 Å². The zero-order valence-electron chi connectivity index (χ0n) is 12.7. The van der Waals surface area contributed by atoms with Crippen molar-refractivity contribution in [2.75, 3.05) is 0 Å². The number of aromatic nitrogens is 6. The smallest absolute Gasteiger partial charge is 0.210 e. The number of aromatic amines is 1. The van der Waals surface area contributed by atoms with Crippen molar-refractivity contribution < 1.29 is 0 Å². The van der Waals surface area contributed by atoms with E-state index in [1.165, 1.54) is 32.1 Å². The maximum atomic E-state index is 4.60. The minimum atomic E-state index is 0. The molecule has 1 fully saturated rings. The first kappa shape index (κ1) is 16.3. The second-order valence-corrected chi connectivity index (χ2v) is 6.63. The first-order chi connectivity index (χ1) is 10.9. The van der Waals surface area contributed by atoms with E-state index >= 15 is 0 Å². The van der Waals surface area contributed by atoms with Crippen molar-refractivity contribution in [3.8, 4) is 0 Å². The molecule has 4 rings (SSSR count). The molecule has 0 atom stereocenters. The number of rotatable bonds is 4. The molecular formula is C15H19ClN6S. The topological polar surface area (TPSA) is 72.3 Å². The number of nitrogens with zero attached hydrogens (tertiary/aromatic N) is 5. The minimum Gasteiger partial charge on any atom is -0.341 e. The molecule has 0 radical (unpaired) electrons. The molecule has 3 aromatic rings. The summed E-state index contributed by atoms with van der Waals surface area (Å²) in [6, 6.07) is 8.54.